The highest BCUT2D eigenvalue weighted by molar-refractivity contribution is 9.10. The van der Waals surface area contributed by atoms with E-state index in [-0.39, 0.29) is 18.8 Å². The third kappa shape index (κ3) is 2.78. The minimum Gasteiger partial charge on any atom is -0.395 e. The van der Waals surface area contributed by atoms with Crippen molar-refractivity contribution in [3.63, 3.8) is 0 Å². The highest BCUT2D eigenvalue weighted by Crippen LogP contribution is 2.33. The Balaban J connectivity index is 2.03. The van der Waals surface area contributed by atoms with E-state index in [2.05, 4.69) is 20.8 Å². The van der Waals surface area contributed by atoms with Crippen molar-refractivity contribution in [1.82, 2.24) is 4.90 Å². The molecular weight excluding hydrogens is 314 g/mol. The summed E-state index contributed by atoms with van der Waals surface area (Å²) >= 11 is 10.9. The van der Waals surface area contributed by atoms with Crippen LogP contribution in [0.3, 0.4) is 0 Å². The van der Waals surface area contributed by atoms with E-state index in [0.717, 1.165) is 20.2 Å². The van der Waals surface area contributed by atoms with Gasteiger partial charge in [-0.1, -0.05) is 11.6 Å². The maximum absolute atomic E-state index is 9.55. The summed E-state index contributed by atoms with van der Waals surface area (Å²) in [6.07, 6.45) is 0.326. The van der Waals surface area contributed by atoms with E-state index in [9.17, 15) is 10.2 Å². The minimum absolute atomic E-state index is 0.0645. The summed E-state index contributed by atoms with van der Waals surface area (Å²) in [6.45, 7) is 1.45. The lowest BCUT2D eigenvalue weighted by molar-refractivity contribution is 0.151. The third-order valence-electron chi connectivity index (χ3n) is 2.77. The van der Waals surface area contributed by atoms with Crippen LogP contribution in [0, 0.1) is 0 Å². The SMILES string of the molecule is OC[C@@H]1C[C@H](O)CN1Cc1cc(Br)c(Cl)s1. The standard InChI is InChI=1S/C10H13BrClNO2S/c11-9-2-8(16-10(9)12)4-13-3-7(15)1-6(13)5-14/h2,6-7,14-15H,1,3-5H2/t6-,7-/m0/s1. The molecule has 16 heavy (non-hydrogen) atoms. The van der Waals surface area contributed by atoms with Gasteiger partial charge in [-0.15, -0.1) is 11.3 Å². The van der Waals surface area contributed by atoms with E-state index in [1.165, 1.54) is 11.3 Å². The van der Waals surface area contributed by atoms with Crippen LogP contribution >= 0.6 is 38.9 Å². The van der Waals surface area contributed by atoms with Crippen molar-refractivity contribution in [2.45, 2.75) is 25.1 Å². The van der Waals surface area contributed by atoms with Gasteiger partial charge >= 0.3 is 0 Å². The first-order chi connectivity index (χ1) is 7.60. The van der Waals surface area contributed by atoms with Gasteiger partial charge in [0, 0.05) is 28.5 Å². The van der Waals surface area contributed by atoms with Crippen LogP contribution in [0.15, 0.2) is 10.5 Å². The smallest absolute Gasteiger partial charge is 0.107 e. The van der Waals surface area contributed by atoms with E-state index < -0.39 is 0 Å². The summed E-state index contributed by atoms with van der Waals surface area (Å²) in [5.41, 5.74) is 0. The zero-order chi connectivity index (χ0) is 11.7. The molecule has 2 rings (SSSR count). The minimum atomic E-state index is -0.323. The molecule has 90 valence electrons. The van der Waals surface area contributed by atoms with Crippen LogP contribution in [0.1, 0.15) is 11.3 Å². The maximum atomic E-state index is 9.55. The Kier molecular flexibility index (Phi) is 4.26. The van der Waals surface area contributed by atoms with Crippen LogP contribution in [-0.2, 0) is 6.54 Å². The van der Waals surface area contributed by atoms with Crippen molar-refractivity contribution >= 4 is 38.9 Å². The number of thiophene rings is 1. The van der Waals surface area contributed by atoms with Gasteiger partial charge in [0.25, 0.3) is 0 Å². The predicted molar refractivity (Wildman–Crippen MR) is 68.9 cm³/mol. The van der Waals surface area contributed by atoms with Gasteiger partial charge in [-0.2, -0.15) is 0 Å². The molecule has 0 spiro atoms. The van der Waals surface area contributed by atoms with E-state index in [0.29, 0.717) is 13.0 Å². The van der Waals surface area contributed by atoms with Gasteiger partial charge in [-0.3, -0.25) is 4.90 Å². The molecule has 0 aliphatic carbocycles. The van der Waals surface area contributed by atoms with Crippen LogP contribution in [0.2, 0.25) is 4.34 Å². The Morgan fingerprint density at radius 1 is 1.62 bits per heavy atom. The van der Waals surface area contributed by atoms with Crippen molar-refractivity contribution in [1.29, 1.82) is 0 Å². The molecule has 2 atom stereocenters. The fraction of sp³-hybridized carbons (Fsp3) is 0.600. The van der Waals surface area contributed by atoms with Crippen LogP contribution in [0.25, 0.3) is 0 Å². The average molecular weight is 327 g/mol. The molecule has 1 aliphatic heterocycles. The van der Waals surface area contributed by atoms with Crippen molar-refractivity contribution in [3.05, 3.63) is 19.8 Å². The van der Waals surface area contributed by atoms with Gasteiger partial charge in [0.05, 0.1) is 12.7 Å². The maximum Gasteiger partial charge on any atom is 0.107 e. The molecule has 6 heteroatoms. The van der Waals surface area contributed by atoms with Gasteiger partial charge in [0.15, 0.2) is 0 Å². The van der Waals surface area contributed by atoms with E-state index >= 15 is 0 Å². The number of nitrogens with zero attached hydrogens (tertiary/aromatic N) is 1. The van der Waals surface area contributed by atoms with Gasteiger partial charge in [0.1, 0.15) is 4.34 Å². The largest absolute Gasteiger partial charge is 0.395 e. The Morgan fingerprint density at radius 2 is 2.38 bits per heavy atom. The molecule has 0 saturated carbocycles. The lowest BCUT2D eigenvalue weighted by Crippen LogP contribution is -2.31. The second-order valence-corrected chi connectivity index (χ2v) is 6.58. The van der Waals surface area contributed by atoms with Crippen molar-refractivity contribution < 1.29 is 10.2 Å². The molecule has 0 unspecified atom stereocenters. The number of rotatable bonds is 3. The second kappa shape index (κ2) is 5.33. The monoisotopic (exact) mass is 325 g/mol. The number of aliphatic hydroxyl groups is 2. The van der Waals surface area contributed by atoms with Crippen LogP contribution in [-0.4, -0.2) is 40.4 Å². The van der Waals surface area contributed by atoms with Crippen molar-refractivity contribution in [2.24, 2.45) is 0 Å². The van der Waals surface area contributed by atoms with Gasteiger partial charge in [0.2, 0.25) is 0 Å². The summed E-state index contributed by atoms with van der Waals surface area (Å²) < 4.78 is 1.66. The first-order valence-electron chi connectivity index (χ1n) is 5.07. The van der Waals surface area contributed by atoms with E-state index in [4.69, 9.17) is 11.6 Å². The molecule has 1 saturated heterocycles. The molecule has 0 aromatic carbocycles. The third-order valence-corrected chi connectivity index (χ3v) is 5.23. The molecule has 2 heterocycles. The highest BCUT2D eigenvalue weighted by atomic mass is 79.9. The molecule has 1 aromatic heterocycles. The van der Waals surface area contributed by atoms with Crippen LogP contribution < -0.4 is 0 Å². The summed E-state index contributed by atoms with van der Waals surface area (Å²) in [6, 6.07) is 2.06. The quantitative estimate of drug-likeness (QED) is 0.894. The number of hydrogen-bond acceptors (Lipinski definition) is 4. The Hall–Kier alpha value is 0.350. The highest BCUT2D eigenvalue weighted by Gasteiger charge is 2.30. The van der Waals surface area contributed by atoms with Crippen LogP contribution in [0.4, 0.5) is 0 Å². The first-order valence-corrected chi connectivity index (χ1v) is 7.05. The molecule has 0 amide bonds. The molecule has 1 fully saturated rings. The molecule has 2 N–H and O–H groups in total. The Morgan fingerprint density at radius 3 is 2.94 bits per heavy atom. The summed E-state index contributed by atoms with van der Waals surface area (Å²) in [5.74, 6) is 0. The zero-order valence-electron chi connectivity index (χ0n) is 8.57. The normalized spacial score (nSPS) is 26.5. The Bertz CT molecular complexity index is 354. The molecule has 1 aliphatic rings. The fourth-order valence-corrected chi connectivity index (χ4v) is 3.83. The predicted octanol–water partition coefficient (Wildman–Crippen LogP) is 2.09. The summed E-state index contributed by atoms with van der Waals surface area (Å²) in [5, 5.41) is 18.8. The molecule has 0 bridgehead atoms. The van der Waals surface area contributed by atoms with Gasteiger partial charge < -0.3 is 10.2 Å². The molecular formula is C10H13BrClNO2S. The Labute approximate surface area is 112 Å². The van der Waals surface area contributed by atoms with Gasteiger partial charge in [-0.25, -0.2) is 0 Å². The molecule has 1 aromatic rings. The lowest BCUT2D eigenvalue weighted by atomic mass is 10.2. The zero-order valence-corrected chi connectivity index (χ0v) is 11.7. The fourth-order valence-electron chi connectivity index (χ4n) is 2.01. The van der Waals surface area contributed by atoms with Crippen LogP contribution in [0.5, 0.6) is 0 Å². The number of likely N-dealkylation sites (tertiary alicyclic amines) is 1. The number of hydrogen-bond donors (Lipinski definition) is 2. The van der Waals surface area contributed by atoms with E-state index in [1.807, 2.05) is 6.07 Å². The summed E-state index contributed by atoms with van der Waals surface area (Å²) in [7, 11) is 0. The molecule has 3 nitrogen and oxygen atoms in total. The topological polar surface area (TPSA) is 43.7 Å². The second-order valence-electron chi connectivity index (χ2n) is 3.99. The first kappa shape index (κ1) is 12.8. The lowest BCUT2D eigenvalue weighted by Gasteiger charge is -2.21. The number of aliphatic hydroxyl groups excluding tert-OH is 2. The van der Waals surface area contributed by atoms with Crippen molar-refractivity contribution in [2.75, 3.05) is 13.2 Å². The number of β-amino-alcohol motifs (C(OH)–C–C–N with tert-alkyl or cyclic N) is 1. The van der Waals surface area contributed by atoms with Crippen molar-refractivity contribution in [3.8, 4) is 0 Å². The molecule has 0 radical (unpaired) electrons. The number of halogens is 2. The average Bonchev–Trinajstić information content (AvgIpc) is 2.72. The van der Waals surface area contributed by atoms with E-state index in [1.54, 1.807) is 0 Å². The summed E-state index contributed by atoms with van der Waals surface area (Å²) in [4.78, 5) is 3.24. The van der Waals surface area contributed by atoms with Gasteiger partial charge in [-0.05, 0) is 28.4 Å².